The number of esters is 1. The van der Waals surface area contributed by atoms with Crippen molar-refractivity contribution in [2.45, 2.75) is 0 Å². The molecule has 104 valence electrons. The summed E-state index contributed by atoms with van der Waals surface area (Å²) in [7, 11) is 0. The maximum Gasteiger partial charge on any atom is 0.363 e. The van der Waals surface area contributed by atoms with Crippen LogP contribution in [0.1, 0.15) is 11.1 Å². The summed E-state index contributed by atoms with van der Waals surface area (Å²) in [5, 5.41) is 0.522. The number of rotatable bonds is 2. The van der Waals surface area contributed by atoms with Gasteiger partial charge in [0, 0.05) is 10.6 Å². The van der Waals surface area contributed by atoms with E-state index in [1.807, 2.05) is 0 Å². The molecule has 0 atom stereocenters. The van der Waals surface area contributed by atoms with Crippen molar-refractivity contribution in [3.8, 4) is 0 Å². The molecule has 21 heavy (non-hydrogen) atoms. The summed E-state index contributed by atoms with van der Waals surface area (Å²) < 4.78 is 18.2. The van der Waals surface area contributed by atoms with Crippen molar-refractivity contribution in [3.05, 3.63) is 76.2 Å². The maximum absolute atomic E-state index is 13.1. The first-order valence-electron chi connectivity index (χ1n) is 6.16. The molecule has 0 fully saturated rings. The van der Waals surface area contributed by atoms with Gasteiger partial charge in [-0.25, -0.2) is 14.2 Å². The fraction of sp³-hybridized carbons (Fsp3) is 0. The maximum atomic E-state index is 13.1. The lowest BCUT2D eigenvalue weighted by Crippen LogP contribution is -2.05. The van der Waals surface area contributed by atoms with Gasteiger partial charge in [-0.15, -0.1) is 0 Å². The van der Waals surface area contributed by atoms with Crippen LogP contribution in [-0.4, -0.2) is 11.9 Å². The SMILES string of the molecule is O=C1OC(c2cccc(Cl)c2)=N/C1=C/c1cccc(F)c1. The topological polar surface area (TPSA) is 38.7 Å². The summed E-state index contributed by atoms with van der Waals surface area (Å²) in [5.74, 6) is -0.769. The highest BCUT2D eigenvalue weighted by Crippen LogP contribution is 2.21. The predicted octanol–water partition coefficient (Wildman–Crippen LogP) is 3.82. The molecule has 0 saturated carbocycles. The number of nitrogens with zero attached hydrogens (tertiary/aromatic N) is 1. The molecule has 0 saturated heterocycles. The molecule has 0 spiro atoms. The first-order chi connectivity index (χ1) is 10.1. The van der Waals surface area contributed by atoms with Crippen LogP contribution in [0.3, 0.4) is 0 Å². The van der Waals surface area contributed by atoms with Crippen molar-refractivity contribution < 1.29 is 13.9 Å². The van der Waals surface area contributed by atoms with E-state index in [0.717, 1.165) is 0 Å². The Kier molecular flexibility index (Phi) is 3.54. The summed E-state index contributed by atoms with van der Waals surface area (Å²) in [6.07, 6.45) is 1.48. The fourth-order valence-electron chi connectivity index (χ4n) is 1.91. The summed E-state index contributed by atoms with van der Waals surface area (Å²) in [6.45, 7) is 0. The van der Waals surface area contributed by atoms with Gasteiger partial charge in [0.25, 0.3) is 0 Å². The molecule has 1 aliphatic rings. The molecule has 0 bridgehead atoms. The van der Waals surface area contributed by atoms with Gasteiger partial charge in [0.05, 0.1) is 0 Å². The van der Waals surface area contributed by atoms with Crippen molar-refractivity contribution in [1.29, 1.82) is 0 Å². The molecule has 0 aliphatic carbocycles. The van der Waals surface area contributed by atoms with E-state index in [2.05, 4.69) is 4.99 Å². The monoisotopic (exact) mass is 301 g/mol. The highest BCUT2D eigenvalue weighted by Gasteiger charge is 2.24. The Labute approximate surface area is 125 Å². The normalized spacial score (nSPS) is 16.0. The predicted molar refractivity (Wildman–Crippen MR) is 78.5 cm³/mol. The summed E-state index contributed by atoms with van der Waals surface area (Å²) >= 11 is 5.89. The van der Waals surface area contributed by atoms with Gasteiger partial charge >= 0.3 is 5.97 Å². The molecule has 0 aromatic heterocycles. The molecule has 1 aliphatic heterocycles. The first kappa shape index (κ1) is 13.5. The van der Waals surface area contributed by atoms with Gasteiger partial charge < -0.3 is 4.74 Å². The van der Waals surface area contributed by atoms with Crippen LogP contribution in [0.25, 0.3) is 6.08 Å². The van der Waals surface area contributed by atoms with Crippen molar-refractivity contribution in [2.24, 2.45) is 4.99 Å². The van der Waals surface area contributed by atoms with E-state index in [1.54, 1.807) is 36.4 Å². The number of benzene rings is 2. The van der Waals surface area contributed by atoms with E-state index in [9.17, 15) is 9.18 Å². The molecule has 0 amide bonds. The number of ether oxygens (including phenoxy) is 1. The average Bonchev–Trinajstić information content (AvgIpc) is 2.80. The quantitative estimate of drug-likeness (QED) is 0.625. The Hall–Kier alpha value is -2.46. The molecular formula is C16H9ClFNO2. The minimum absolute atomic E-state index is 0.121. The van der Waals surface area contributed by atoms with Crippen LogP contribution in [0.4, 0.5) is 4.39 Å². The van der Waals surface area contributed by atoms with Gasteiger partial charge in [-0.1, -0.05) is 29.8 Å². The van der Waals surface area contributed by atoms with Crippen LogP contribution in [0.2, 0.25) is 5.02 Å². The van der Waals surface area contributed by atoms with Crippen LogP contribution >= 0.6 is 11.6 Å². The van der Waals surface area contributed by atoms with Crippen LogP contribution in [0, 0.1) is 5.82 Å². The van der Waals surface area contributed by atoms with Gasteiger partial charge in [0.1, 0.15) is 5.82 Å². The third-order valence-corrected chi connectivity index (χ3v) is 3.08. The number of carbonyl (C=O) groups is 1. The smallest absolute Gasteiger partial charge is 0.363 e. The van der Waals surface area contributed by atoms with Crippen molar-refractivity contribution in [2.75, 3.05) is 0 Å². The number of carbonyl (C=O) groups excluding carboxylic acids is 1. The molecule has 5 heteroatoms. The number of hydrogen-bond donors (Lipinski definition) is 0. The molecule has 2 aromatic carbocycles. The Morgan fingerprint density at radius 3 is 2.71 bits per heavy atom. The number of cyclic esters (lactones) is 1. The molecule has 2 aromatic rings. The number of halogens is 2. The van der Waals surface area contributed by atoms with E-state index in [0.29, 0.717) is 16.1 Å². The van der Waals surface area contributed by atoms with Gasteiger partial charge in [-0.05, 0) is 42.0 Å². The van der Waals surface area contributed by atoms with Gasteiger partial charge in [-0.3, -0.25) is 0 Å². The first-order valence-corrected chi connectivity index (χ1v) is 6.54. The summed E-state index contributed by atoms with van der Waals surface area (Å²) in [6, 6.07) is 12.7. The van der Waals surface area contributed by atoms with Crippen LogP contribution in [-0.2, 0) is 9.53 Å². The Morgan fingerprint density at radius 2 is 1.95 bits per heavy atom. The van der Waals surface area contributed by atoms with E-state index in [1.165, 1.54) is 18.2 Å². The van der Waals surface area contributed by atoms with E-state index in [-0.39, 0.29) is 17.4 Å². The second kappa shape index (κ2) is 5.50. The van der Waals surface area contributed by atoms with E-state index >= 15 is 0 Å². The lowest BCUT2D eigenvalue weighted by atomic mass is 10.2. The summed E-state index contributed by atoms with van der Waals surface area (Å²) in [5.41, 5.74) is 1.27. The minimum atomic E-state index is -0.575. The molecule has 0 unspecified atom stereocenters. The van der Waals surface area contributed by atoms with Gasteiger partial charge in [-0.2, -0.15) is 0 Å². The zero-order valence-corrected chi connectivity index (χ0v) is 11.5. The second-order valence-electron chi connectivity index (χ2n) is 4.40. The Bertz CT molecular complexity index is 783. The minimum Gasteiger partial charge on any atom is -0.402 e. The van der Waals surface area contributed by atoms with E-state index < -0.39 is 5.97 Å². The molecule has 1 heterocycles. The largest absolute Gasteiger partial charge is 0.402 e. The van der Waals surface area contributed by atoms with Gasteiger partial charge in [0.15, 0.2) is 5.70 Å². The molecular weight excluding hydrogens is 293 g/mol. The second-order valence-corrected chi connectivity index (χ2v) is 4.84. The Balaban J connectivity index is 1.95. The van der Waals surface area contributed by atoms with Crippen LogP contribution in [0.5, 0.6) is 0 Å². The molecule has 3 nitrogen and oxygen atoms in total. The van der Waals surface area contributed by atoms with Crippen molar-refractivity contribution in [3.63, 3.8) is 0 Å². The van der Waals surface area contributed by atoms with Crippen molar-refractivity contribution in [1.82, 2.24) is 0 Å². The standard InChI is InChI=1S/C16H9ClFNO2/c17-12-5-2-4-11(9-12)15-19-14(16(20)21-15)8-10-3-1-6-13(18)7-10/h1-9H/b14-8+. The highest BCUT2D eigenvalue weighted by molar-refractivity contribution is 6.31. The molecule has 0 radical (unpaired) electrons. The van der Waals surface area contributed by atoms with Crippen LogP contribution < -0.4 is 0 Å². The fourth-order valence-corrected chi connectivity index (χ4v) is 2.10. The molecule has 3 rings (SSSR count). The highest BCUT2D eigenvalue weighted by atomic mass is 35.5. The van der Waals surface area contributed by atoms with Crippen molar-refractivity contribution >= 4 is 29.5 Å². The molecule has 0 N–H and O–H groups in total. The lowest BCUT2D eigenvalue weighted by Gasteiger charge is -1.98. The van der Waals surface area contributed by atoms with E-state index in [4.69, 9.17) is 16.3 Å². The number of hydrogen-bond acceptors (Lipinski definition) is 3. The average molecular weight is 302 g/mol. The zero-order chi connectivity index (χ0) is 14.8. The summed E-state index contributed by atoms with van der Waals surface area (Å²) in [4.78, 5) is 15.9. The van der Waals surface area contributed by atoms with Gasteiger partial charge in [0.2, 0.25) is 5.90 Å². The lowest BCUT2D eigenvalue weighted by molar-refractivity contribution is -0.129. The van der Waals surface area contributed by atoms with Crippen LogP contribution in [0.15, 0.2) is 59.2 Å². The Morgan fingerprint density at radius 1 is 1.14 bits per heavy atom. The number of aliphatic imine (C=N–C) groups is 1. The third kappa shape index (κ3) is 3.01. The third-order valence-electron chi connectivity index (χ3n) is 2.84. The zero-order valence-electron chi connectivity index (χ0n) is 10.7.